The van der Waals surface area contributed by atoms with Gasteiger partial charge in [-0.15, -0.1) is 11.3 Å². The number of oxazole rings is 4. The lowest BCUT2D eigenvalue weighted by Crippen LogP contribution is -2.37. The zero-order chi connectivity index (χ0) is 102. The summed E-state index contributed by atoms with van der Waals surface area (Å²) in [7, 11) is 5.71. The molecule has 4 aliphatic rings. The third-order valence-electron chi connectivity index (χ3n) is 23.8. The average molecular weight is 2000 g/mol. The van der Waals surface area contributed by atoms with E-state index in [4.69, 9.17) is 66.9 Å². The van der Waals surface area contributed by atoms with Crippen molar-refractivity contribution in [1.82, 2.24) is 79.7 Å². The first kappa shape index (κ1) is 99.1. The number of furan rings is 2. The number of hydrogen-bond acceptors (Lipinski definition) is 36. The molecule has 0 atom stereocenters. The van der Waals surface area contributed by atoms with Crippen molar-refractivity contribution >= 4 is 156 Å². The molecule has 46 heteroatoms. The number of aromatic carboxylic acids is 6. The fourth-order valence-electron chi connectivity index (χ4n) is 16.0. The third-order valence-corrected chi connectivity index (χ3v) is 24.7. The van der Waals surface area contributed by atoms with Crippen LogP contribution in [0.1, 0.15) is 161 Å². The second kappa shape index (κ2) is 43.3. The molecule has 0 bridgehead atoms. The molecule has 13 aromatic heterocycles. The fraction of sp³-hybridized carbons (Fsp3) is 0.273. The van der Waals surface area contributed by atoms with Gasteiger partial charge in [0.05, 0.1) is 23.8 Å². The lowest BCUT2D eigenvalue weighted by atomic mass is 10.0. The monoisotopic (exact) mass is 2000 g/mol. The van der Waals surface area contributed by atoms with Crippen LogP contribution in [0.15, 0.2) is 184 Å². The van der Waals surface area contributed by atoms with Crippen molar-refractivity contribution in [2.75, 3.05) is 103 Å². The number of carbonyl (C=O) groups is 6. The minimum absolute atomic E-state index is 0.0102. The summed E-state index contributed by atoms with van der Waals surface area (Å²) in [4.78, 5) is 149. The van der Waals surface area contributed by atoms with Crippen LogP contribution in [0.25, 0.3) is 124 Å². The number of fused-ring (bicyclic) bond motifs is 6. The van der Waals surface area contributed by atoms with Crippen molar-refractivity contribution in [1.29, 1.82) is 0 Å². The number of piperidine rings is 1. The molecule has 16 heterocycles. The van der Waals surface area contributed by atoms with E-state index in [2.05, 4.69) is 117 Å². The summed E-state index contributed by atoms with van der Waals surface area (Å²) in [5.41, 5.74) is 9.31. The van der Waals surface area contributed by atoms with E-state index in [1.54, 1.807) is 71.8 Å². The number of thiophene rings is 1. The number of carboxylic acid groups (broad SMARTS) is 6. The molecule has 1 aliphatic carbocycles. The lowest BCUT2D eigenvalue weighted by Gasteiger charge is -2.28. The second-order valence-electron chi connectivity index (χ2n) is 34.1. The highest BCUT2D eigenvalue weighted by molar-refractivity contribution is 7.13. The maximum Gasteiger partial charge on any atom is 0.392 e. The van der Waals surface area contributed by atoms with Gasteiger partial charge in [0.15, 0.2) is 34.9 Å². The molecular weight excluding hydrogens is 1910 g/mol. The van der Waals surface area contributed by atoms with Gasteiger partial charge in [-0.2, -0.15) is 49.8 Å². The van der Waals surface area contributed by atoms with Crippen LogP contribution in [0.4, 0.5) is 58.2 Å². The molecule has 0 radical (unpaired) electrons. The van der Waals surface area contributed by atoms with Crippen molar-refractivity contribution < 1.29 is 108 Å². The first-order valence-corrected chi connectivity index (χ1v) is 46.6. The normalized spacial score (nSPS) is 13.6. The molecule has 5 aromatic carbocycles. The Kier molecular flexibility index (Phi) is 29.6. The molecule has 0 spiro atoms. The zero-order valence-electron chi connectivity index (χ0n) is 78.5. The standard InChI is InChI=1S/C19H13FN4O3.C17H15FN4O3.C16H13FN4O4.C16H13FN4O3.C16H21N3O3.C15H15N3O3S/c1-24(13-5-3-2-4-6-13)16-14(11-7-9-12(20)10-8-11)21-15-17(23-16)27-18(22-15)19(25)26;18-11-6-4-10(5-7-11)12-14(22-8-2-1-3-9-22)21-15-13(19-12)20-16(25-15)17(23)24;17-10-3-1-9(2-4-10)11-13(21-5-7-24-8-6-21)20-14-12(18-11)19-15(25-14)16(22)23;17-10-5-3-9(4-6-10)11-13(21-7-1-2-8-21)20-14-12(18-11)19-15(24-14)16(22)23;1-9(2)19(3)14-13(10-6-4-5-7-10)17-11-8-12(16(20)21)22-15(11)18-14;1-8(2)18(3)13-12(11-5-4-6-22-11)16-9-7-10(15(19)20)21-14(9)17-13/h2-10H,1H3,(H,25,26);4-7H,1-3,8-9H2,(H,23,24);1-4H,5-8H2,(H,22,23);3-6H,1-2,7-8H2,(H,22,23);8-10H,4-7H2,1-3H3,(H,20,21);4-8H,1-3H3,(H,19,20). The molecule has 4 fully saturated rings. The summed E-state index contributed by atoms with van der Waals surface area (Å²) in [5, 5.41) is 56.3. The van der Waals surface area contributed by atoms with Gasteiger partial charge in [0, 0.05) is 118 Å². The van der Waals surface area contributed by atoms with Gasteiger partial charge in [0.1, 0.15) is 62.8 Å². The van der Waals surface area contributed by atoms with Crippen molar-refractivity contribution in [3.05, 3.63) is 221 Å². The van der Waals surface area contributed by atoms with Crippen molar-refractivity contribution in [3.63, 3.8) is 0 Å². The number of rotatable bonds is 21. The number of anilines is 7. The number of aromatic nitrogens is 16. The Hall–Kier alpha value is -17.5. The summed E-state index contributed by atoms with van der Waals surface area (Å²) >= 11 is 1.56. The molecule has 0 unspecified atom stereocenters. The highest BCUT2D eigenvalue weighted by Gasteiger charge is 2.33. The van der Waals surface area contributed by atoms with Gasteiger partial charge in [-0.1, -0.05) is 37.1 Å². The van der Waals surface area contributed by atoms with Crippen molar-refractivity contribution in [2.24, 2.45) is 0 Å². The number of halogens is 4. The maximum atomic E-state index is 13.3. The van der Waals surface area contributed by atoms with Crippen molar-refractivity contribution in [2.45, 2.75) is 103 Å². The first-order valence-electron chi connectivity index (χ1n) is 45.7. The summed E-state index contributed by atoms with van der Waals surface area (Å²) in [6.45, 7) is 13.9. The fourth-order valence-corrected chi connectivity index (χ4v) is 16.8. The number of benzene rings is 5. The molecule has 145 heavy (non-hydrogen) atoms. The first-order chi connectivity index (χ1) is 69.8. The van der Waals surface area contributed by atoms with Gasteiger partial charge in [0.25, 0.3) is 22.9 Å². The van der Waals surface area contributed by atoms with Gasteiger partial charge < -0.3 is 91.3 Å². The second-order valence-corrected chi connectivity index (χ2v) is 35.0. The topological polar surface area (TPSA) is 538 Å². The van der Waals surface area contributed by atoms with E-state index < -0.39 is 59.4 Å². The molecule has 744 valence electrons. The third kappa shape index (κ3) is 22.5. The lowest BCUT2D eigenvalue weighted by molar-refractivity contribution is 0.0646. The van der Waals surface area contributed by atoms with Gasteiger partial charge in [0.2, 0.25) is 45.5 Å². The van der Waals surface area contributed by atoms with E-state index in [1.807, 2.05) is 71.7 Å². The molecule has 3 aliphatic heterocycles. The Morgan fingerprint density at radius 2 is 0.703 bits per heavy atom. The van der Waals surface area contributed by atoms with E-state index in [9.17, 15) is 46.3 Å². The minimum Gasteiger partial charge on any atom is -0.475 e. The van der Waals surface area contributed by atoms with Gasteiger partial charge in [-0.05, 0) is 193 Å². The van der Waals surface area contributed by atoms with E-state index >= 15 is 0 Å². The quantitative estimate of drug-likeness (QED) is 0.0364. The van der Waals surface area contributed by atoms with Crippen molar-refractivity contribution in [3.8, 4) is 55.6 Å². The molecule has 41 nitrogen and oxygen atoms in total. The van der Waals surface area contributed by atoms with E-state index in [0.29, 0.717) is 123 Å². The number of hydrogen-bond donors (Lipinski definition) is 6. The van der Waals surface area contributed by atoms with Gasteiger partial charge >= 0.3 is 59.4 Å². The van der Waals surface area contributed by atoms with Crippen LogP contribution < -0.4 is 29.4 Å². The molecule has 22 rings (SSSR count). The Bertz CT molecular complexity index is 7590. The molecule has 3 saturated heterocycles. The highest BCUT2D eigenvalue weighted by atomic mass is 32.1. The van der Waals surface area contributed by atoms with Gasteiger partial charge in [-0.25, -0.2) is 76.2 Å². The molecule has 1 saturated carbocycles. The van der Waals surface area contributed by atoms with Crippen LogP contribution >= 0.6 is 11.3 Å². The largest absolute Gasteiger partial charge is 0.475 e. The zero-order valence-corrected chi connectivity index (χ0v) is 79.3. The maximum absolute atomic E-state index is 13.3. The SMILES string of the molecule is CC(C)N(C)c1nc2oc(C(=O)O)cc2nc1-c1cccs1.CC(C)N(C)c1nc2oc(C(=O)O)cc2nc1C1CCCC1.CN(c1ccccc1)c1nc2oc(C(=O)O)nc2nc1-c1ccc(F)cc1.O=C(O)c1nc2nc(-c3ccc(F)cc3)c(N3CCCC3)nc2o1.O=C(O)c1nc2nc(-c3ccc(F)cc3)c(N3CCCCC3)nc2o1.O=C(O)c1nc2nc(-c3ccc(F)cc3)c(N3CCOCC3)nc2o1. The Morgan fingerprint density at radius 1 is 0.352 bits per heavy atom. The van der Waals surface area contributed by atoms with E-state index in [-0.39, 0.29) is 98.0 Å². The van der Waals surface area contributed by atoms with Crippen LogP contribution in [0.2, 0.25) is 0 Å². The van der Waals surface area contributed by atoms with E-state index in [0.717, 1.165) is 98.9 Å². The van der Waals surface area contributed by atoms with Crippen LogP contribution in [-0.2, 0) is 4.74 Å². The summed E-state index contributed by atoms with van der Waals surface area (Å²) in [5.74, 6) is -6.90. The molecule has 18 aromatic rings. The molecule has 0 amide bonds. The number of para-hydroxylation sites is 1. The van der Waals surface area contributed by atoms with Crippen LogP contribution in [-0.4, -0.2) is 232 Å². The number of nitrogens with zero attached hydrogens (tertiary/aromatic N) is 22. The predicted molar refractivity (Wildman–Crippen MR) is 522 cm³/mol. The van der Waals surface area contributed by atoms with Gasteiger partial charge in [-0.3, -0.25) is 0 Å². The van der Waals surface area contributed by atoms with Crippen LogP contribution in [0.5, 0.6) is 0 Å². The minimum atomic E-state index is -1.31. The smallest absolute Gasteiger partial charge is 0.392 e. The Morgan fingerprint density at radius 3 is 1.08 bits per heavy atom. The number of ether oxygens (including phenoxy) is 1. The average Bonchev–Trinajstić information content (AvgIpc) is 1.71. The molecular formula is C99H90F4N22O19S. The Labute approximate surface area is 822 Å². The van der Waals surface area contributed by atoms with E-state index in [1.165, 1.54) is 73.5 Å². The Balaban J connectivity index is 0.000000119. The highest BCUT2D eigenvalue weighted by Crippen LogP contribution is 2.42. The number of morpholine rings is 1. The van der Waals surface area contributed by atoms with Crippen LogP contribution in [0, 0.1) is 23.3 Å². The number of carboxylic acids is 6. The predicted octanol–water partition coefficient (Wildman–Crippen LogP) is 18.6. The summed E-state index contributed by atoms with van der Waals surface area (Å²) in [6, 6.07) is 40.2. The molecule has 6 N–H and O–H groups in total. The summed E-state index contributed by atoms with van der Waals surface area (Å²) in [6.07, 6.45) is 9.97. The summed E-state index contributed by atoms with van der Waals surface area (Å²) < 4.78 is 89.7. The van der Waals surface area contributed by atoms with Crippen LogP contribution in [0.3, 0.4) is 0 Å².